The van der Waals surface area contributed by atoms with Crippen LogP contribution in [0.3, 0.4) is 0 Å². The first kappa shape index (κ1) is 15.5. The maximum atomic E-state index is 13.8. The van der Waals surface area contributed by atoms with E-state index in [1.54, 1.807) is 7.05 Å². The number of aromatic nitrogens is 1. The zero-order valence-electron chi connectivity index (χ0n) is 12.3. The Hall–Kier alpha value is -2.41. The molecule has 0 spiro atoms. The molecule has 1 aliphatic heterocycles. The lowest BCUT2D eigenvalue weighted by atomic mass is 10.1. The highest BCUT2D eigenvalue weighted by atomic mass is 35.5. The highest BCUT2D eigenvalue weighted by Crippen LogP contribution is 2.36. The number of hydrogen-bond acceptors (Lipinski definition) is 4. The monoisotopic (exact) mass is 339 g/mol. The molecule has 0 radical (unpaired) electrons. The number of nitrogens with one attached hydrogen (secondary N) is 1. The Morgan fingerprint density at radius 2 is 2.09 bits per heavy atom. The lowest BCUT2D eigenvalue weighted by Crippen LogP contribution is -2.18. The van der Waals surface area contributed by atoms with Gasteiger partial charge >= 0.3 is 0 Å². The molecule has 1 aromatic heterocycles. The molecule has 1 N–H and O–H groups in total. The number of nitrogens with zero attached hydrogens (tertiary/aromatic N) is 2. The van der Waals surface area contributed by atoms with Crippen molar-refractivity contribution in [3.63, 3.8) is 0 Å². The van der Waals surface area contributed by atoms with Crippen LogP contribution in [0.15, 0.2) is 18.2 Å². The molecular weight excluding hydrogens is 328 g/mol. The standard InChI is InChI=1S/C15H12ClF2N3O2/c1-21-6-10-12(15(21)22)9(5-11(16)20-10)19-8-4-3-7(17)13(18)14(8)23-2/h3-5H,6H2,1-2H3,(H,19,20). The van der Waals surface area contributed by atoms with E-state index < -0.39 is 11.6 Å². The van der Waals surface area contributed by atoms with Crippen LogP contribution in [-0.2, 0) is 6.54 Å². The second-order valence-corrected chi connectivity index (χ2v) is 5.43. The van der Waals surface area contributed by atoms with Crippen LogP contribution in [-0.4, -0.2) is 29.9 Å². The molecule has 23 heavy (non-hydrogen) atoms. The van der Waals surface area contributed by atoms with Gasteiger partial charge in [0.15, 0.2) is 11.6 Å². The first-order chi connectivity index (χ1) is 10.9. The average Bonchev–Trinajstić information content (AvgIpc) is 2.78. The van der Waals surface area contributed by atoms with Crippen molar-refractivity contribution < 1.29 is 18.3 Å². The van der Waals surface area contributed by atoms with Gasteiger partial charge in [0.2, 0.25) is 5.82 Å². The number of pyridine rings is 1. The van der Waals surface area contributed by atoms with Crippen molar-refractivity contribution in [1.82, 2.24) is 9.88 Å². The topological polar surface area (TPSA) is 54.5 Å². The minimum absolute atomic E-state index is 0.179. The van der Waals surface area contributed by atoms with Gasteiger partial charge in [0, 0.05) is 7.05 Å². The fourth-order valence-electron chi connectivity index (χ4n) is 2.48. The Bertz CT molecular complexity index is 814. The van der Waals surface area contributed by atoms with Gasteiger partial charge in [-0.05, 0) is 18.2 Å². The van der Waals surface area contributed by atoms with Crippen molar-refractivity contribution in [2.24, 2.45) is 0 Å². The van der Waals surface area contributed by atoms with Crippen molar-refractivity contribution in [3.8, 4) is 5.75 Å². The number of anilines is 2. The average molecular weight is 340 g/mol. The third kappa shape index (κ3) is 2.57. The molecule has 1 aliphatic rings. The number of halogens is 3. The molecule has 0 unspecified atom stereocenters. The summed E-state index contributed by atoms with van der Waals surface area (Å²) in [7, 11) is 2.87. The fraction of sp³-hybridized carbons (Fsp3) is 0.200. The summed E-state index contributed by atoms with van der Waals surface area (Å²) in [6.07, 6.45) is 0. The van der Waals surface area contributed by atoms with Crippen LogP contribution in [0.5, 0.6) is 5.75 Å². The van der Waals surface area contributed by atoms with Crippen LogP contribution < -0.4 is 10.1 Å². The van der Waals surface area contributed by atoms with Crippen molar-refractivity contribution in [2.45, 2.75) is 6.54 Å². The van der Waals surface area contributed by atoms with E-state index >= 15 is 0 Å². The molecule has 2 heterocycles. The van der Waals surface area contributed by atoms with Gasteiger partial charge in [-0.1, -0.05) is 11.6 Å². The Morgan fingerprint density at radius 1 is 1.35 bits per heavy atom. The SMILES string of the molecule is COc1c(Nc2cc(Cl)nc3c2C(=O)N(C)C3)ccc(F)c1F. The second kappa shape index (κ2) is 5.66. The second-order valence-electron chi connectivity index (χ2n) is 5.04. The van der Waals surface area contributed by atoms with Gasteiger partial charge in [-0.25, -0.2) is 9.37 Å². The van der Waals surface area contributed by atoms with Gasteiger partial charge in [0.25, 0.3) is 5.91 Å². The van der Waals surface area contributed by atoms with Crippen LogP contribution in [0.4, 0.5) is 20.2 Å². The van der Waals surface area contributed by atoms with E-state index in [0.29, 0.717) is 23.5 Å². The van der Waals surface area contributed by atoms with E-state index in [4.69, 9.17) is 16.3 Å². The van der Waals surface area contributed by atoms with Crippen LogP contribution in [0.25, 0.3) is 0 Å². The molecule has 2 aromatic rings. The first-order valence-electron chi connectivity index (χ1n) is 6.66. The van der Waals surface area contributed by atoms with Gasteiger partial charge in [-0.3, -0.25) is 4.79 Å². The van der Waals surface area contributed by atoms with Gasteiger partial charge < -0.3 is 15.0 Å². The van der Waals surface area contributed by atoms with E-state index in [2.05, 4.69) is 10.3 Å². The van der Waals surface area contributed by atoms with E-state index in [9.17, 15) is 13.6 Å². The maximum Gasteiger partial charge on any atom is 0.257 e. The normalized spacial score (nSPS) is 13.3. The van der Waals surface area contributed by atoms with Crippen LogP contribution in [0.1, 0.15) is 16.1 Å². The molecular formula is C15H12ClF2N3O2. The predicted octanol–water partition coefficient (Wildman–Crippen LogP) is 3.35. The Morgan fingerprint density at radius 3 is 2.78 bits per heavy atom. The molecule has 1 amide bonds. The van der Waals surface area contributed by atoms with Crippen LogP contribution in [0, 0.1) is 11.6 Å². The van der Waals surface area contributed by atoms with E-state index in [1.807, 2.05) is 0 Å². The largest absolute Gasteiger partial charge is 0.491 e. The number of carbonyl (C=O) groups is 1. The van der Waals surface area contributed by atoms with Gasteiger partial charge in [0.1, 0.15) is 5.15 Å². The summed E-state index contributed by atoms with van der Waals surface area (Å²) < 4.78 is 32.0. The highest BCUT2D eigenvalue weighted by molar-refractivity contribution is 6.30. The zero-order chi connectivity index (χ0) is 16.7. The number of amides is 1. The van der Waals surface area contributed by atoms with Crippen molar-refractivity contribution >= 4 is 28.9 Å². The van der Waals surface area contributed by atoms with Crippen LogP contribution >= 0.6 is 11.6 Å². The van der Waals surface area contributed by atoms with E-state index in [-0.39, 0.29) is 22.5 Å². The minimum atomic E-state index is -1.11. The van der Waals surface area contributed by atoms with E-state index in [0.717, 1.165) is 6.07 Å². The number of ether oxygens (including phenoxy) is 1. The third-order valence-corrected chi connectivity index (χ3v) is 3.73. The van der Waals surface area contributed by atoms with E-state index in [1.165, 1.54) is 24.1 Å². The van der Waals surface area contributed by atoms with Crippen LogP contribution in [0.2, 0.25) is 5.15 Å². The number of fused-ring (bicyclic) bond motifs is 1. The molecule has 0 atom stereocenters. The summed E-state index contributed by atoms with van der Waals surface area (Å²) in [5.74, 6) is -2.65. The zero-order valence-corrected chi connectivity index (χ0v) is 13.0. The molecule has 5 nitrogen and oxygen atoms in total. The maximum absolute atomic E-state index is 13.8. The Kier molecular flexibility index (Phi) is 3.81. The molecule has 0 bridgehead atoms. The highest BCUT2D eigenvalue weighted by Gasteiger charge is 2.30. The lowest BCUT2D eigenvalue weighted by Gasteiger charge is -2.14. The summed E-state index contributed by atoms with van der Waals surface area (Å²) in [6, 6.07) is 3.75. The lowest BCUT2D eigenvalue weighted by molar-refractivity contribution is 0.0817. The molecule has 120 valence electrons. The van der Waals surface area contributed by atoms with Gasteiger partial charge in [-0.2, -0.15) is 4.39 Å². The smallest absolute Gasteiger partial charge is 0.257 e. The van der Waals surface area contributed by atoms with Gasteiger partial charge in [-0.15, -0.1) is 0 Å². The summed E-state index contributed by atoms with van der Waals surface area (Å²) in [5.41, 5.74) is 1.41. The summed E-state index contributed by atoms with van der Waals surface area (Å²) in [5, 5.41) is 3.07. The summed E-state index contributed by atoms with van der Waals surface area (Å²) in [6.45, 7) is 0.332. The third-order valence-electron chi connectivity index (χ3n) is 3.53. The number of rotatable bonds is 3. The summed E-state index contributed by atoms with van der Waals surface area (Å²) >= 11 is 5.97. The van der Waals surface area contributed by atoms with Crippen molar-refractivity contribution in [3.05, 3.63) is 46.2 Å². The number of methoxy groups -OCH3 is 1. The molecule has 3 rings (SSSR count). The minimum Gasteiger partial charge on any atom is -0.491 e. The summed E-state index contributed by atoms with van der Waals surface area (Å²) in [4.78, 5) is 17.8. The predicted molar refractivity (Wildman–Crippen MR) is 81.2 cm³/mol. The van der Waals surface area contributed by atoms with Gasteiger partial charge in [0.05, 0.1) is 36.3 Å². The number of benzene rings is 1. The Balaban J connectivity index is 2.09. The first-order valence-corrected chi connectivity index (χ1v) is 7.04. The number of hydrogen-bond donors (Lipinski definition) is 1. The van der Waals surface area contributed by atoms with Crippen molar-refractivity contribution in [2.75, 3.05) is 19.5 Å². The molecule has 0 aliphatic carbocycles. The molecule has 1 aromatic carbocycles. The van der Waals surface area contributed by atoms with Crippen molar-refractivity contribution in [1.29, 1.82) is 0 Å². The quantitative estimate of drug-likeness (QED) is 0.871. The Labute approximate surface area is 135 Å². The number of carbonyl (C=O) groups excluding carboxylic acids is 1. The molecule has 0 saturated carbocycles. The molecule has 0 fully saturated rings. The molecule has 0 saturated heterocycles. The molecule has 8 heteroatoms. The fourth-order valence-corrected chi connectivity index (χ4v) is 2.69.